The van der Waals surface area contributed by atoms with Crippen molar-refractivity contribution < 1.29 is 24.5 Å². The average Bonchev–Trinajstić information content (AvgIpc) is 3.45. The Hall–Kier alpha value is -2.24. The van der Waals surface area contributed by atoms with Gasteiger partial charge in [0.1, 0.15) is 17.5 Å². The summed E-state index contributed by atoms with van der Waals surface area (Å²) >= 11 is 3.34. The van der Waals surface area contributed by atoms with Crippen molar-refractivity contribution in [3.8, 4) is 11.5 Å². The zero-order valence-corrected chi connectivity index (χ0v) is 24.5. The number of para-hydroxylation sites is 1. The summed E-state index contributed by atoms with van der Waals surface area (Å²) in [6.07, 6.45) is 5.43. The summed E-state index contributed by atoms with van der Waals surface area (Å²) < 4.78 is 5.85. The third-order valence-electron chi connectivity index (χ3n) is 7.30. The van der Waals surface area contributed by atoms with E-state index >= 15 is 0 Å². The summed E-state index contributed by atoms with van der Waals surface area (Å²) in [7, 11) is 0. The maximum Gasteiger partial charge on any atom is 0.243 e. The third-order valence-corrected chi connectivity index (χ3v) is 9.64. The molecule has 1 saturated carbocycles. The van der Waals surface area contributed by atoms with E-state index in [2.05, 4.69) is 10.6 Å². The summed E-state index contributed by atoms with van der Waals surface area (Å²) in [5, 5.41) is 25.1. The first kappa shape index (κ1) is 30.7. The predicted octanol–water partition coefficient (Wildman–Crippen LogP) is 3.62. The van der Waals surface area contributed by atoms with E-state index in [1.165, 1.54) is 32.1 Å². The molecule has 0 spiro atoms. The van der Waals surface area contributed by atoms with Gasteiger partial charge >= 0.3 is 0 Å². The molecular weight excluding hydrogens is 546 g/mol. The molecule has 2 aliphatic rings. The molecule has 1 saturated heterocycles. The number of nitrogens with zero attached hydrogens (tertiary/aromatic N) is 1. The standard InChI is InChI=1S/C30H41N3O5S2/c34-17-24(35)16-33-21-40-20-28(33)30(37)32-27(19-39-18-23-7-3-1-4-8-23)29(36)31-15-22-11-13-26(14-12-22)38-25-9-5-2-6-10-25/h2,5-6,9-14,23-24,27-28,34-35H,1,3-4,7-8,15-21H2,(H,31,36)(H,32,37)/t24?,27-,28-/m0/s1. The van der Waals surface area contributed by atoms with Crippen LogP contribution in [0, 0.1) is 5.92 Å². The van der Waals surface area contributed by atoms with E-state index in [4.69, 9.17) is 4.74 Å². The van der Waals surface area contributed by atoms with Gasteiger partial charge in [0.2, 0.25) is 11.8 Å². The van der Waals surface area contributed by atoms with Crippen LogP contribution in [0.5, 0.6) is 11.5 Å². The van der Waals surface area contributed by atoms with Crippen molar-refractivity contribution in [2.24, 2.45) is 5.92 Å². The van der Waals surface area contributed by atoms with Crippen molar-refractivity contribution >= 4 is 35.3 Å². The first-order valence-corrected chi connectivity index (χ1v) is 16.4. The van der Waals surface area contributed by atoms with Crippen LogP contribution in [0.1, 0.15) is 37.7 Å². The Morgan fingerprint density at radius 2 is 1.77 bits per heavy atom. The monoisotopic (exact) mass is 587 g/mol. The maximum absolute atomic E-state index is 13.3. The van der Waals surface area contributed by atoms with E-state index in [9.17, 15) is 19.8 Å². The number of benzene rings is 2. The summed E-state index contributed by atoms with van der Waals surface area (Å²) in [6.45, 7) is 0.217. The van der Waals surface area contributed by atoms with Gasteiger partial charge in [-0.3, -0.25) is 14.5 Å². The first-order chi connectivity index (χ1) is 19.5. The van der Waals surface area contributed by atoms with E-state index in [1.807, 2.05) is 59.5 Å². The van der Waals surface area contributed by atoms with Gasteiger partial charge in [0.05, 0.1) is 18.8 Å². The molecule has 40 heavy (non-hydrogen) atoms. The van der Waals surface area contributed by atoms with Crippen LogP contribution in [0.25, 0.3) is 0 Å². The molecule has 0 radical (unpaired) electrons. The SMILES string of the molecule is O=C(NCc1ccc(Oc2ccccc2)cc1)[C@H](CSCC1CCCCC1)NC(=O)[C@@H]1CSCN1CC(O)CO. The van der Waals surface area contributed by atoms with Crippen molar-refractivity contribution in [2.45, 2.75) is 56.8 Å². The Labute approximate surface area is 245 Å². The Morgan fingerprint density at radius 3 is 2.50 bits per heavy atom. The van der Waals surface area contributed by atoms with E-state index in [0.29, 0.717) is 29.8 Å². The Morgan fingerprint density at radius 1 is 1.05 bits per heavy atom. The number of rotatable bonds is 14. The zero-order valence-electron chi connectivity index (χ0n) is 22.9. The molecule has 2 aromatic carbocycles. The normalized spacial score (nSPS) is 19.6. The fourth-order valence-corrected chi connectivity index (χ4v) is 7.48. The number of β-amino-alcohol motifs (C(OH)–C–C–N with tert-alkyl or cyclic N) is 1. The molecule has 218 valence electrons. The highest BCUT2D eigenvalue weighted by molar-refractivity contribution is 7.99. The van der Waals surface area contributed by atoms with Gasteiger partial charge in [-0.05, 0) is 54.3 Å². The lowest BCUT2D eigenvalue weighted by atomic mass is 9.91. The van der Waals surface area contributed by atoms with E-state index in [-0.39, 0.29) is 25.0 Å². The maximum atomic E-state index is 13.3. The van der Waals surface area contributed by atoms with Crippen LogP contribution in [0.4, 0.5) is 0 Å². The number of nitrogens with one attached hydrogen (secondary N) is 2. The highest BCUT2D eigenvalue weighted by atomic mass is 32.2. The second-order valence-corrected chi connectivity index (χ2v) is 12.6. The van der Waals surface area contributed by atoms with Crippen molar-refractivity contribution in [3.05, 3.63) is 60.2 Å². The fraction of sp³-hybridized carbons (Fsp3) is 0.533. The molecule has 2 amide bonds. The summed E-state index contributed by atoms with van der Waals surface area (Å²) in [5.41, 5.74) is 0.935. The van der Waals surface area contributed by atoms with Gasteiger partial charge in [-0.2, -0.15) is 11.8 Å². The van der Waals surface area contributed by atoms with Crippen molar-refractivity contribution in [1.29, 1.82) is 0 Å². The van der Waals surface area contributed by atoms with Gasteiger partial charge in [0.25, 0.3) is 0 Å². The Kier molecular flexibility index (Phi) is 12.5. The predicted molar refractivity (Wildman–Crippen MR) is 162 cm³/mol. The number of aliphatic hydroxyl groups is 2. The molecule has 2 fully saturated rings. The van der Waals surface area contributed by atoms with E-state index in [1.54, 1.807) is 23.5 Å². The number of carbonyl (C=O) groups is 2. The number of carbonyl (C=O) groups excluding carboxylic acids is 2. The molecule has 10 heteroatoms. The molecule has 4 rings (SSSR count). The minimum Gasteiger partial charge on any atom is -0.457 e. The molecule has 1 heterocycles. The van der Waals surface area contributed by atoms with Crippen molar-refractivity contribution in [2.75, 3.05) is 36.3 Å². The van der Waals surface area contributed by atoms with Gasteiger partial charge in [0, 0.05) is 30.5 Å². The molecular formula is C30H41N3O5S2. The van der Waals surface area contributed by atoms with Crippen LogP contribution in [0.15, 0.2) is 54.6 Å². The number of thioether (sulfide) groups is 2. The second kappa shape index (κ2) is 16.3. The molecule has 8 nitrogen and oxygen atoms in total. The van der Waals surface area contributed by atoms with Crippen molar-refractivity contribution in [3.63, 3.8) is 0 Å². The molecule has 1 unspecified atom stereocenters. The lowest BCUT2D eigenvalue weighted by Crippen LogP contribution is -2.54. The highest BCUT2D eigenvalue weighted by Gasteiger charge is 2.34. The minimum atomic E-state index is -0.899. The van der Waals surface area contributed by atoms with Gasteiger partial charge in [-0.25, -0.2) is 0 Å². The topological polar surface area (TPSA) is 111 Å². The number of hydrogen-bond donors (Lipinski definition) is 4. The summed E-state index contributed by atoms with van der Waals surface area (Å²) in [6, 6.07) is 16.1. The van der Waals surface area contributed by atoms with Crippen LogP contribution < -0.4 is 15.4 Å². The lowest BCUT2D eigenvalue weighted by molar-refractivity contribution is -0.131. The van der Waals surface area contributed by atoms with Gasteiger partial charge < -0.3 is 25.6 Å². The zero-order chi connectivity index (χ0) is 28.2. The van der Waals surface area contributed by atoms with Crippen LogP contribution in [-0.2, 0) is 16.1 Å². The Balaban J connectivity index is 1.33. The van der Waals surface area contributed by atoms with Gasteiger partial charge in [0.15, 0.2) is 0 Å². The molecule has 3 atom stereocenters. The van der Waals surface area contributed by atoms with E-state index in [0.717, 1.165) is 22.8 Å². The number of amides is 2. The number of hydrogen-bond acceptors (Lipinski definition) is 8. The van der Waals surface area contributed by atoms with Gasteiger partial charge in [-0.1, -0.05) is 49.6 Å². The minimum absolute atomic E-state index is 0.207. The number of ether oxygens (including phenoxy) is 1. The molecule has 0 bridgehead atoms. The molecule has 0 aromatic heterocycles. The smallest absolute Gasteiger partial charge is 0.243 e. The van der Waals surface area contributed by atoms with Gasteiger partial charge in [-0.15, -0.1) is 11.8 Å². The largest absolute Gasteiger partial charge is 0.457 e. The molecule has 2 aromatic rings. The first-order valence-electron chi connectivity index (χ1n) is 14.1. The molecule has 4 N–H and O–H groups in total. The third kappa shape index (κ3) is 9.69. The van der Waals surface area contributed by atoms with Crippen LogP contribution >= 0.6 is 23.5 Å². The second-order valence-electron chi connectivity index (χ2n) is 10.5. The summed E-state index contributed by atoms with van der Waals surface area (Å²) in [4.78, 5) is 28.4. The van der Waals surface area contributed by atoms with Crippen LogP contribution in [0.2, 0.25) is 0 Å². The molecule has 1 aliphatic heterocycles. The number of aliphatic hydroxyl groups excluding tert-OH is 2. The molecule has 1 aliphatic carbocycles. The van der Waals surface area contributed by atoms with Crippen LogP contribution in [0.3, 0.4) is 0 Å². The average molecular weight is 588 g/mol. The lowest BCUT2D eigenvalue weighted by Gasteiger charge is -2.27. The highest BCUT2D eigenvalue weighted by Crippen LogP contribution is 2.27. The quantitative estimate of drug-likeness (QED) is 0.265. The fourth-order valence-electron chi connectivity index (χ4n) is 5.00. The van der Waals surface area contributed by atoms with E-state index < -0.39 is 18.2 Å². The van der Waals surface area contributed by atoms with Crippen molar-refractivity contribution in [1.82, 2.24) is 15.5 Å². The van der Waals surface area contributed by atoms with Crippen LogP contribution in [-0.4, -0.2) is 81.4 Å². The Bertz CT molecular complexity index is 1050. The summed E-state index contributed by atoms with van der Waals surface area (Å²) in [5.74, 6) is 4.44.